The molecule has 2 aliphatic rings. The SMILES string of the molecule is CC(NC(=O)CC1CC1)C1CCCNC1. The van der Waals surface area contributed by atoms with Crippen molar-refractivity contribution in [1.29, 1.82) is 0 Å². The van der Waals surface area contributed by atoms with E-state index in [0.29, 0.717) is 17.9 Å². The van der Waals surface area contributed by atoms with Crippen LogP contribution in [0.3, 0.4) is 0 Å². The molecule has 0 aromatic carbocycles. The average Bonchev–Trinajstić information content (AvgIpc) is 3.03. The van der Waals surface area contributed by atoms with Crippen molar-refractivity contribution in [3.63, 3.8) is 0 Å². The van der Waals surface area contributed by atoms with Crippen molar-refractivity contribution in [2.24, 2.45) is 11.8 Å². The summed E-state index contributed by atoms with van der Waals surface area (Å²) in [4.78, 5) is 11.6. The highest BCUT2D eigenvalue weighted by Crippen LogP contribution is 2.32. The molecule has 3 nitrogen and oxygen atoms in total. The van der Waals surface area contributed by atoms with Gasteiger partial charge in [0.2, 0.25) is 5.91 Å². The Balaban J connectivity index is 1.69. The number of piperidine rings is 1. The molecule has 2 fully saturated rings. The van der Waals surface area contributed by atoms with Crippen LogP contribution in [0.5, 0.6) is 0 Å². The molecule has 2 atom stereocenters. The van der Waals surface area contributed by atoms with Crippen LogP contribution in [0.2, 0.25) is 0 Å². The van der Waals surface area contributed by atoms with E-state index < -0.39 is 0 Å². The summed E-state index contributed by atoms with van der Waals surface area (Å²) < 4.78 is 0. The van der Waals surface area contributed by atoms with E-state index in [4.69, 9.17) is 0 Å². The maximum Gasteiger partial charge on any atom is 0.220 e. The number of amides is 1. The lowest BCUT2D eigenvalue weighted by atomic mass is 9.93. The number of carbonyl (C=O) groups is 1. The molecule has 1 saturated carbocycles. The zero-order valence-electron chi connectivity index (χ0n) is 9.59. The van der Waals surface area contributed by atoms with Crippen LogP contribution in [0.15, 0.2) is 0 Å². The van der Waals surface area contributed by atoms with Crippen LogP contribution in [0.1, 0.15) is 39.0 Å². The van der Waals surface area contributed by atoms with Gasteiger partial charge < -0.3 is 10.6 Å². The Morgan fingerprint density at radius 3 is 2.87 bits per heavy atom. The largest absolute Gasteiger partial charge is 0.353 e. The summed E-state index contributed by atoms with van der Waals surface area (Å²) in [5, 5.41) is 6.53. The first-order valence-corrected chi connectivity index (χ1v) is 6.26. The van der Waals surface area contributed by atoms with Gasteiger partial charge in [-0.3, -0.25) is 4.79 Å². The molecule has 0 bridgehead atoms. The van der Waals surface area contributed by atoms with Crippen molar-refractivity contribution >= 4 is 5.91 Å². The summed E-state index contributed by atoms with van der Waals surface area (Å²) in [6.45, 7) is 4.34. The molecule has 1 amide bonds. The van der Waals surface area contributed by atoms with E-state index in [-0.39, 0.29) is 5.91 Å². The third-order valence-corrected chi connectivity index (χ3v) is 3.60. The molecule has 0 aromatic rings. The summed E-state index contributed by atoms with van der Waals surface area (Å²) in [6.07, 6.45) is 5.76. The average molecular weight is 210 g/mol. The maximum absolute atomic E-state index is 11.6. The molecule has 3 heteroatoms. The first kappa shape index (κ1) is 10.9. The fraction of sp³-hybridized carbons (Fsp3) is 0.917. The van der Waals surface area contributed by atoms with E-state index in [9.17, 15) is 4.79 Å². The normalized spacial score (nSPS) is 28.5. The maximum atomic E-state index is 11.6. The van der Waals surface area contributed by atoms with Gasteiger partial charge >= 0.3 is 0 Å². The van der Waals surface area contributed by atoms with Crippen molar-refractivity contribution in [2.45, 2.75) is 45.1 Å². The van der Waals surface area contributed by atoms with Crippen LogP contribution in [-0.4, -0.2) is 25.0 Å². The van der Waals surface area contributed by atoms with Crippen LogP contribution >= 0.6 is 0 Å². The Labute approximate surface area is 92.0 Å². The molecule has 2 unspecified atom stereocenters. The minimum Gasteiger partial charge on any atom is -0.353 e. The van der Waals surface area contributed by atoms with E-state index in [2.05, 4.69) is 17.6 Å². The zero-order valence-corrected chi connectivity index (χ0v) is 9.59. The first-order chi connectivity index (χ1) is 7.25. The van der Waals surface area contributed by atoms with Gasteiger partial charge in [0.15, 0.2) is 0 Å². The van der Waals surface area contributed by atoms with Crippen LogP contribution in [0.25, 0.3) is 0 Å². The van der Waals surface area contributed by atoms with Crippen molar-refractivity contribution in [1.82, 2.24) is 10.6 Å². The molecule has 0 spiro atoms. The van der Waals surface area contributed by atoms with Gasteiger partial charge in [-0.2, -0.15) is 0 Å². The summed E-state index contributed by atoms with van der Waals surface area (Å²) in [5.74, 6) is 1.58. The van der Waals surface area contributed by atoms with Crippen molar-refractivity contribution in [3.8, 4) is 0 Å². The van der Waals surface area contributed by atoms with E-state index in [1.807, 2.05) is 0 Å². The highest BCUT2D eigenvalue weighted by Gasteiger charge is 2.26. The van der Waals surface area contributed by atoms with E-state index in [1.165, 1.54) is 25.7 Å². The molecule has 2 rings (SSSR count). The molecule has 86 valence electrons. The standard InChI is InChI=1S/C12H22N2O/c1-9(11-3-2-6-13-8-11)14-12(15)7-10-4-5-10/h9-11,13H,2-8H2,1H3,(H,14,15). The van der Waals surface area contributed by atoms with Crippen molar-refractivity contribution in [2.75, 3.05) is 13.1 Å². The fourth-order valence-electron chi connectivity index (χ4n) is 2.32. The molecule has 1 aliphatic carbocycles. The molecule has 1 saturated heterocycles. The van der Waals surface area contributed by atoms with Crippen LogP contribution in [0, 0.1) is 11.8 Å². The van der Waals surface area contributed by atoms with E-state index in [1.54, 1.807) is 0 Å². The molecule has 1 aliphatic heterocycles. The molecule has 1 heterocycles. The molecule has 15 heavy (non-hydrogen) atoms. The molecular formula is C12H22N2O. The zero-order chi connectivity index (χ0) is 10.7. The topological polar surface area (TPSA) is 41.1 Å². The second-order valence-electron chi connectivity index (χ2n) is 5.11. The summed E-state index contributed by atoms with van der Waals surface area (Å²) in [7, 11) is 0. The van der Waals surface area contributed by atoms with Crippen molar-refractivity contribution < 1.29 is 4.79 Å². The number of hydrogen-bond donors (Lipinski definition) is 2. The number of nitrogens with one attached hydrogen (secondary N) is 2. The van der Waals surface area contributed by atoms with Gasteiger partial charge in [-0.1, -0.05) is 0 Å². The second-order valence-corrected chi connectivity index (χ2v) is 5.11. The van der Waals surface area contributed by atoms with E-state index >= 15 is 0 Å². The van der Waals surface area contributed by atoms with Gasteiger partial charge in [0, 0.05) is 12.5 Å². The molecule has 0 radical (unpaired) electrons. The van der Waals surface area contributed by atoms with Gasteiger partial charge in [0.1, 0.15) is 0 Å². The third-order valence-electron chi connectivity index (χ3n) is 3.60. The summed E-state index contributed by atoms with van der Waals surface area (Å²) in [5.41, 5.74) is 0. The Hall–Kier alpha value is -0.570. The lowest BCUT2D eigenvalue weighted by molar-refractivity contribution is -0.122. The Bertz CT molecular complexity index is 220. The van der Waals surface area contributed by atoms with Gasteiger partial charge in [-0.05, 0) is 57.5 Å². The van der Waals surface area contributed by atoms with Gasteiger partial charge in [-0.15, -0.1) is 0 Å². The Morgan fingerprint density at radius 1 is 1.47 bits per heavy atom. The number of rotatable bonds is 4. The second kappa shape index (κ2) is 4.97. The first-order valence-electron chi connectivity index (χ1n) is 6.26. The number of carbonyl (C=O) groups excluding carboxylic acids is 1. The van der Waals surface area contributed by atoms with Crippen LogP contribution in [-0.2, 0) is 4.79 Å². The highest BCUT2D eigenvalue weighted by atomic mass is 16.1. The highest BCUT2D eigenvalue weighted by molar-refractivity contribution is 5.76. The number of hydrogen-bond acceptors (Lipinski definition) is 2. The summed E-state index contributed by atoms with van der Waals surface area (Å²) >= 11 is 0. The molecule has 0 aromatic heterocycles. The smallest absolute Gasteiger partial charge is 0.220 e. The minimum atomic E-state index is 0.260. The van der Waals surface area contributed by atoms with Crippen molar-refractivity contribution in [3.05, 3.63) is 0 Å². The Morgan fingerprint density at radius 2 is 2.27 bits per heavy atom. The lowest BCUT2D eigenvalue weighted by Gasteiger charge is -2.28. The monoisotopic (exact) mass is 210 g/mol. The summed E-state index contributed by atoms with van der Waals surface area (Å²) in [6, 6.07) is 0.337. The van der Waals surface area contributed by atoms with Crippen LogP contribution < -0.4 is 10.6 Å². The predicted molar refractivity (Wildman–Crippen MR) is 60.5 cm³/mol. The van der Waals surface area contributed by atoms with Gasteiger partial charge in [0.25, 0.3) is 0 Å². The van der Waals surface area contributed by atoms with Gasteiger partial charge in [0.05, 0.1) is 0 Å². The molecule has 2 N–H and O–H groups in total. The van der Waals surface area contributed by atoms with E-state index in [0.717, 1.165) is 19.5 Å². The lowest BCUT2D eigenvalue weighted by Crippen LogP contribution is -2.44. The fourth-order valence-corrected chi connectivity index (χ4v) is 2.32. The minimum absolute atomic E-state index is 0.260. The van der Waals surface area contributed by atoms with Gasteiger partial charge in [-0.25, -0.2) is 0 Å². The third kappa shape index (κ3) is 3.49. The Kier molecular flexibility index (Phi) is 3.62. The predicted octanol–water partition coefficient (Wildman–Crippen LogP) is 1.29. The van der Waals surface area contributed by atoms with Crippen LogP contribution in [0.4, 0.5) is 0 Å². The molecular weight excluding hydrogens is 188 g/mol. The quantitative estimate of drug-likeness (QED) is 0.734.